The molecule has 3 heterocycles. The molecule has 2 aromatic heterocycles. The molecule has 1 N–H and O–H groups in total. The van der Waals surface area contributed by atoms with Crippen molar-refractivity contribution in [3.63, 3.8) is 0 Å². The van der Waals surface area contributed by atoms with Gasteiger partial charge in [-0.1, -0.05) is 24.0 Å². The second kappa shape index (κ2) is 8.15. The summed E-state index contributed by atoms with van der Waals surface area (Å²) < 4.78 is 0. The second-order valence-electron chi connectivity index (χ2n) is 7.06. The molecule has 1 aromatic carbocycles. The van der Waals surface area contributed by atoms with Gasteiger partial charge in [0.2, 0.25) is 5.88 Å². The maximum Gasteiger partial charge on any atom is 0.256 e. The highest BCUT2D eigenvalue weighted by Gasteiger charge is 2.30. The van der Waals surface area contributed by atoms with Crippen molar-refractivity contribution >= 4 is 5.91 Å². The number of carbonyl (C=O) groups excluding carboxylic acids is 1. The Labute approximate surface area is 169 Å². The number of para-hydroxylation sites is 1. The summed E-state index contributed by atoms with van der Waals surface area (Å²) >= 11 is 0. The summed E-state index contributed by atoms with van der Waals surface area (Å²) in [6, 6.07) is 10.9. The molecule has 0 bridgehead atoms. The van der Waals surface area contributed by atoms with Gasteiger partial charge in [0.25, 0.3) is 5.91 Å². The number of aromatic hydroxyl groups is 1. The minimum atomic E-state index is -0.0715. The van der Waals surface area contributed by atoms with Gasteiger partial charge in [0.15, 0.2) is 0 Å². The number of benzene rings is 1. The van der Waals surface area contributed by atoms with E-state index < -0.39 is 0 Å². The molecule has 1 aliphatic rings. The molecular formula is C22H21N5O2. The standard InChI is InChI=1S/C22H21N5O2/c1-16-8-9-17(10-11-18-5-4-12-23-21(18)28)15-26(16)22(29)19-6-2-3-7-20(19)27-24-13-14-25-27/h2-7,12-14,16-17H,8-9,15H2,1H3,(H,23,28)/t16-,17+/m1/s1. The SMILES string of the molecule is C[C@@H]1CC[C@@H](C#Cc2cccnc2O)CN1C(=O)c1ccccc1-n1nccn1. The summed E-state index contributed by atoms with van der Waals surface area (Å²) in [5.41, 5.74) is 1.72. The van der Waals surface area contributed by atoms with Crippen LogP contribution < -0.4 is 0 Å². The topological polar surface area (TPSA) is 84.1 Å². The van der Waals surface area contributed by atoms with Gasteiger partial charge < -0.3 is 10.0 Å². The van der Waals surface area contributed by atoms with Crippen LogP contribution in [-0.4, -0.2) is 48.5 Å². The molecule has 2 atom stereocenters. The molecule has 7 nitrogen and oxygen atoms in total. The van der Waals surface area contributed by atoms with Gasteiger partial charge in [0.05, 0.1) is 29.2 Å². The largest absolute Gasteiger partial charge is 0.492 e. The average Bonchev–Trinajstić information content (AvgIpc) is 3.28. The third-order valence-corrected chi connectivity index (χ3v) is 5.11. The lowest BCUT2D eigenvalue weighted by Crippen LogP contribution is -2.45. The first-order chi connectivity index (χ1) is 14.1. The van der Waals surface area contributed by atoms with Crippen LogP contribution in [0.25, 0.3) is 5.69 Å². The predicted octanol–water partition coefficient (Wildman–Crippen LogP) is 2.66. The molecule has 0 unspecified atom stereocenters. The minimum absolute atomic E-state index is 0.0322. The number of rotatable bonds is 2. The van der Waals surface area contributed by atoms with Crippen LogP contribution in [0.15, 0.2) is 55.0 Å². The zero-order chi connectivity index (χ0) is 20.2. The smallest absolute Gasteiger partial charge is 0.256 e. The van der Waals surface area contributed by atoms with Crippen LogP contribution >= 0.6 is 0 Å². The maximum absolute atomic E-state index is 13.4. The molecule has 1 amide bonds. The van der Waals surface area contributed by atoms with E-state index in [1.807, 2.05) is 23.1 Å². The molecule has 1 aliphatic heterocycles. The molecule has 4 rings (SSSR count). The Balaban J connectivity index is 1.57. The molecule has 1 saturated heterocycles. The summed E-state index contributed by atoms with van der Waals surface area (Å²) in [5.74, 6) is 6.12. The highest BCUT2D eigenvalue weighted by atomic mass is 16.3. The zero-order valence-corrected chi connectivity index (χ0v) is 16.1. The average molecular weight is 387 g/mol. The van der Waals surface area contributed by atoms with Gasteiger partial charge in [0.1, 0.15) is 0 Å². The van der Waals surface area contributed by atoms with E-state index in [2.05, 4.69) is 33.9 Å². The fourth-order valence-corrected chi connectivity index (χ4v) is 3.51. The first-order valence-corrected chi connectivity index (χ1v) is 9.55. The molecule has 146 valence electrons. The Morgan fingerprint density at radius 3 is 2.69 bits per heavy atom. The Morgan fingerprint density at radius 1 is 1.10 bits per heavy atom. The number of nitrogens with zero attached hydrogens (tertiary/aromatic N) is 5. The normalized spacial score (nSPS) is 18.7. The van der Waals surface area contributed by atoms with Crippen LogP contribution in [-0.2, 0) is 0 Å². The second-order valence-corrected chi connectivity index (χ2v) is 7.06. The number of hydrogen-bond donors (Lipinski definition) is 1. The van der Waals surface area contributed by atoms with Gasteiger partial charge >= 0.3 is 0 Å². The van der Waals surface area contributed by atoms with E-state index in [1.54, 1.807) is 30.6 Å². The molecule has 0 radical (unpaired) electrons. The van der Waals surface area contributed by atoms with E-state index in [4.69, 9.17) is 0 Å². The summed E-state index contributed by atoms with van der Waals surface area (Å²) in [6.07, 6.45) is 6.47. The van der Waals surface area contributed by atoms with Crippen LogP contribution in [0.3, 0.4) is 0 Å². The number of amides is 1. The van der Waals surface area contributed by atoms with Gasteiger partial charge in [-0.15, -0.1) is 0 Å². The molecule has 1 fully saturated rings. The Hall–Kier alpha value is -3.66. The number of likely N-dealkylation sites (tertiary alicyclic amines) is 1. The lowest BCUT2D eigenvalue weighted by Gasteiger charge is -2.36. The van der Waals surface area contributed by atoms with Crippen molar-refractivity contribution < 1.29 is 9.90 Å². The monoisotopic (exact) mass is 387 g/mol. The molecule has 0 aliphatic carbocycles. The maximum atomic E-state index is 13.4. The van der Waals surface area contributed by atoms with E-state index in [0.717, 1.165) is 12.8 Å². The van der Waals surface area contributed by atoms with E-state index in [1.165, 1.54) is 11.0 Å². The van der Waals surface area contributed by atoms with Gasteiger partial charge in [0, 0.05) is 24.7 Å². The number of piperidine rings is 1. The number of pyridine rings is 1. The Kier molecular flexibility index (Phi) is 5.25. The van der Waals surface area contributed by atoms with E-state index >= 15 is 0 Å². The van der Waals surface area contributed by atoms with Crippen molar-refractivity contribution in [2.24, 2.45) is 5.92 Å². The molecular weight excluding hydrogens is 366 g/mol. The summed E-state index contributed by atoms with van der Waals surface area (Å²) in [7, 11) is 0. The Morgan fingerprint density at radius 2 is 1.90 bits per heavy atom. The first-order valence-electron chi connectivity index (χ1n) is 9.55. The minimum Gasteiger partial charge on any atom is -0.492 e. The first kappa shape index (κ1) is 18.7. The van der Waals surface area contributed by atoms with Crippen molar-refractivity contribution in [2.45, 2.75) is 25.8 Å². The van der Waals surface area contributed by atoms with Gasteiger partial charge in [-0.2, -0.15) is 15.0 Å². The van der Waals surface area contributed by atoms with Crippen molar-refractivity contribution in [3.05, 3.63) is 66.1 Å². The fraction of sp³-hybridized carbons (Fsp3) is 0.273. The lowest BCUT2D eigenvalue weighted by molar-refractivity contribution is 0.0598. The van der Waals surface area contributed by atoms with Crippen LogP contribution in [0.2, 0.25) is 0 Å². The molecule has 0 spiro atoms. The third kappa shape index (κ3) is 3.97. The summed E-state index contributed by atoms with van der Waals surface area (Å²) in [6.45, 7) is 2.60. The van der Waals surface area contributed by atoms with Crippen LogP contribution in [0, 0.1) is 17.8 Å². The van der Waals surface area contributed by atoms with Gasteiger partial charge in [-0.3, -0.25) is 4.79 Å². The highest BCUT2D eigenvalue weighted by molar-refractivity contribution is 5.98. The number of aromatic nitrogens is 4. The lowest BCUT2D eigenvalue weighted by atomic mass is 9.92. The molecule has 7 heteroatoms. The van der Waals surface area contributed by atoms with Crippen molar-refractivity contribution in [1.29, 1.82) is 0 Å². The molecule has 3 aromatic rings. The fourth-order valence-electron chi connectivity index (χ4n) is 3.51. The van der Waals surface area contributed by atoms with Crippen molar-refractivity contribution in [1.82, 2.24) is 24.9 Å². The highest BCUT2D eigenvalue weighted by Crippen LogP contribution is 2.25. The van der Waals surface area contributed by atoms with Crippen molar-refractivity contribution in [2.75, 3.05) is 6.54 Å². The molecule has 0 saturated carbocycles. The predicted molar refractivity (Wildman–Crippen MR) is 107 cm³/mol. The number of carbonyl (C=O) groups is 1. The summed E-state index contributed by atoms with van der Waals surface area (Å²) in [5, 5.41) is 18.1. The van der Waals surface area contributed by atoms with E-state index in [9.17, 15) is 9.90 Å². The molecule has 29 heavy (non-hydrogen) atoms. The van der Waals surface area contributed by atoms with Gasteiger partial charge in [-0.25, -0.2) is 4.98 Å². The van der Waals surface area contributed by atoms with Crippen molar-refractivity contribution in [3.8, 4) is 23.4 Å². The Bertz CT molecular complexity index is 1070. The van der Waals surface area contributed by atoms with E-state index in [0.29, 0.717) is 23.4 Å². The van der Waals surface area contributed by atoms with Crippen LogP contribution in [0.4, 0.5) is 0 Å². The van der Waals surface area contributed by atoms with Crippen LogP contribution in [0.1, 0.15) is 35.7 Å². The summed E-state index contributed by atoms with van der Waals surface area (Å²) in [4.78, 5) is 20.5. The van der Waals surface area contributed by atoms with E-state index in [-0.39, 0.29) is 23.7 Å². The zero-order valence-electron chi connectivity index (χ0n) is 16.1. The third-order valence-electron chi connectivity index (χ3n) is 5.11. The number of hydrogen-bond acceptors (Lipinski definition) is 5. The van der Waals surface area contributed by atoms with Crippen LogP contribution in [0.5, 0.6) is 5.88 Å². The quantitative estimate of drug-likeness (QED) is 0.684. The van der Waals surface area contributed by atoms with Gasteiger partial charge in [-0.05, 0) is 44.0 Å².